The van der Waals surface area contributed by atoms with Gasteiger partial charge in [0.25, 0.3) is 0 Å². The van der Waals surface area contributed by atoms with E-state index < -0.39 is 0 Å². The minimum Gasteiger partial charge on any atom is -0.334 e. The second-order valence-corrected chi connectivity index (χ2v) is 4.01. The van der Waals surface area contributed by atoms with Gasteiger partial charge in [-0.3, -0.25) is 10.8 Å². The molecular formula is C11H14ClN5. The van der Waals surface area contributed by atoms with Crippen molar-refractivity contribution in [3.05, 3.63) is 47.3 Å². The van der Waals surface area contributed by atoms with Crippen molar-refractivity contribution in [2.24, 2.45) is 5.84 Å². The van der Waals surface area contributed by atoms with Crippen molar-refractivity contribution in [2.75, 3.05) is 0 Å². The molecular weight excluding hydrogens is 238 g/mol. The molecule has 1 atom stereocenters. The number of aryl methyl sites for hydroxylation is 1. The van der Waals surface area contributed by atoms with Crippen LogP contribution in [0.5, 0.6) is 0 Å². The first-order chi connectivity index (χ1) is 8.26. The molecule has 0 aliphatic carbocycles. The fraction of sp³-hybridized carbons (Fsp3) is 0.273. The Hall–Kier alpha value is -1.43. The minimum absolute atomic E-state index is 0.234. The lowest BCUT2D eigenvalue weighted by atomic mass is 10.2. The SMILES string of the molecule is CCn1ccnc1C(NN)c1ccc(Cl)cn1. The van der Waals surface area contributed by atoms with Gasteiger partial charge < -0.3 is 4.57 Å². The zero-order valence-electron chi connectivity index (χ0n) is 9.47. The maximum Gasteiger partial charge on any atom is 0.133 e. The molecule has 0 aliphatic rings. The van der Waals surface area contributed by atoms with E-state index in [2.05, 4.69) is 15.4 Å². The molecule has 2 aromatic rings. The van der Waals surface area contributed by atoms with E-state index in [1.165, 1.54) is 0 Å². The zero-order valence-corrected chi connectivity index (χ0v) is 10.2. The largest absolute Gasteiger partial charge is 0.334 e. The Kier molecular flexibility index (Phi) is 3.73. The standard InChI is InChI=1S/C11H14ClN5/c1-2-17-6-5-14-11(17)10(16-13)9-4-3-8(12)7-15-9/h3-7,10,16H,2,13H2,1H3. The molecule has 0 amide bonds. The second kappa shape index (κ2) is 5.27. The lowest BCUT2D eigenvalue weighted by Gasteiger charge is -2.16. The Labute approximate surface area is 105 Å². The lowest BCUT2D eigenvalue weighted by Crippen LogP contribution is -2.31. The predicted octanol–water partition coefficient (Wildman–Crippen LogP) is 1.50. The highest BCUT2D eigenvalue weighted by Gasteiger charge is 2.18. The van der Waals surface area contributed by atoms with E-state index in [0.717, 1.165) is 18.1 Å². The van der Waals surface area contributed by atoms with Crippen molar-refractivity contribution < 1.29 is 0 Å². The molecule has 90 valence electrons. The normalized spacial score (nSPS) is 12.6. The molecule has 2 rings (SSSR count). The Balaban J connectivity index is 2.36. The van der Waals surface area contributed by atoms with Crippen LogP contribution < -0.4 is 11.3 Å². The summed E-state index contributed by atoms with van der Waals surface area (Å²) < 4.78 is 2.01. The van der Waals surface area contributed by atoms with E-state index in [9.17, 15) is 0 Å². The summed E-state index contributed by atoms with van der Waals surface area (Å²) in [6.07, 6.45) is 5.26. The Morgan fingerprint density at radius 1 is 1.47 bits per heavy atom. The summed E-state index contributed by atoms with van der Waals surface area (Å²) in [4.78, 5) is 8.56. The van der Waals surface area contributed by atoms with Crippen LogP contribution in [-0.4, -0.2) is 14.5 Å². The Morgan fingerprint density at radius 3 is 2.88 bits per heavy atom. The Bertz CT molecular complexity index is 479. The molecule has 0 saturated carbocycles. The third-order valence-corrected chi connectivity index (χ3v) is 2.78. The number of pyridine rings is 1. The van der Waals surface area contributed by atoms with Gasteiger partial charge in [-0.1, -0.05) is 11.6 Å². The van der Waals surface area contributed by atoms with Gasteiger partial charge in [0.05, 0.1) is 10.7 Å². The highest BCUT2D eigenvalue weighted by atomic mass is 35.5. The van der Waals surface area contributed by atoms with E-state index in [4.69, 9.17) is 17.4 Å². The summed E-state index contributed by atoms with van der Waals surface area (Å²) in [5, 5.41) is 0.600. The molecule has 0 fully saturated rings. The highest BCUT2D eigenvalue weighted by Crippen LogP contribution is 2.19. The van der Waals surface area contributed by atoms with E-state index >= 15 is 0 Å². The first-order valence-electron chi connectivity index (χ1n) is 5.35. The molecule has 6 heteroatoms. The summed E-state index contributed by atoms with van der Waals surface area (Å²) in [6.45, 7) is 2.88. The van der Waals surface area contributed by atoms with Crippen molar-refractivity contribution in [2.45, 2.75) is 19.5 Å². The summed E-state index contributed by atoms with van der Waals surface area (Å²) in [7, 11) is 0. The summed E-state index contributed by atoms with van der Waals surface area (Å²) in [5.41, 5.74) is 3.52. The predicted molar refractivity (Wildman–Crippen MR) is 66.3 cm³/mol. The van der Waals surface area contributed by atoms with Gasteiger partial charge in [-0.2, -0.15) is 0 Å². The van der Waals surface area contributed by atoms with Crippen LogP contribution in [0.15, 0.2) is 30.7 Å². The fourth-order valence-electron chi connectivity index (χ4n) is 1.70. The molecule has 0 radical (unpaired) electrons. The molecule has 0 spiro atoms. The van der Waals surface area contributed by atoms with E-state index in [1.54, 1.807) is 18.5 Å². The maximum absolute atomic E-state index is 5.81. The number of nitrogens with two attached hydrogens (primary N) is 1. The van der Waals surface area contributed by atoms with E-state index in [-0.39, 0.29) is 6.04 Å². The molecule has 0 aliphatic heterocycles. The molecule has 0 bridgehead atoms. The van der Waals surface area contributed by atoms with Gasteiger partial charge in [-0.25, -0.2) is 10.4 Å². The monoisotopic (exact) mass is 251 g/mol. The number of hydrazine groups is 1. The first kappa shape index (κ1) is 12.0. The van der Waals surface area contributed by atoms with Gasteiger partial charge in [0.15, 0.2) is 0 Å². The number of halogens is 1. The molecule has 2 heterocycles. The van der Waals surface area contributed by atoms with Gasteiger partial charge in [0.2, 0.25) is 0 Å². The van der Waals surface area contributed by atoms with Gasteiger partial charge in [0, 0.05) is 25.1 Å². The second-order valence-electron chi connectivity index (χ2n) is 3.57. The van der Waals surface area contributed by atoms with Crippen molar-refractivity contribution in [1.29, 1.82) is 0 Å². The Morgan fingerprint density at radius 2 is 2.29 bits per heavy atom. The summed E-state index contributed by atoms with van der Waals surface area (Å²) in [5.74, 6) is 6.42. The average molecular weight is 252 g/mol. The number of nitrogens with zero attached hydrogens (tertiary/aromatic N) is 3. The van der Waals surface area contributed by atoms with Crippen molar-refractivity contribution in [3.8, 4) is 0 Å². The van der Waals surface area contributed by atoms with Crippen LogP contribution in [0.1, 0.15) is 24.5 Å². The van der Waals surface area contributed by atoms with Crippen LogP contribution in [0.3, 0.4) is 0 Å². The summed E-state index contributed by atoms with van der Waals surface area (Å²) in [6, 6.07) is 3.39. The van der Waals surface area contributed by atoms with E-state index in [0.29, 0.717) is 5.02 Å². The average Bonchev–Trinajstić information content (AvgIpc) is 2.81. The van der Waals surface area contributed by atoms with Gasteiger partial charge >= 0.3 is 0 Å². The molecule has 3 N–H and O–H groups in total. The van der Waals surface area contributed by atoms with Crippen LogP contribution in [0.4, 0.5) is 0 Å². The smallest absolute Gasteiger partial charge is 0.133 e. The molecule has 17 heavy (non-hydrogen) atoms. The number of rotatable bonds is 4. The molecule has 5 nitrogen and oxygen atoms in total. The molecule has 0 saturated heterocycles. The fourth-order valence-corrected chi connectivity index (χ4v) is 1.81. The number of aromatic nitrogens is 3. The molecule has 1 unspecified atom stereocenters. The van der Waals surface area contributed by atoms with Crippen LogP contribution in [0.2, 0.25) is 5.02 Å². The third kappa shape index (κ3) is 2.46. The van der Waals surface area contributed by atoms with Crippen LogP contribution >= 0.6 is 11.6 Å². The van der Waals surface area contributed by atoms with Crippen molar-refractivity contribution in [1.82, 2.24) is 20.0 Å². The number of imidazole rings is 1. The lowest BCUT2D eigenvalue weighted by molar-refractivity contribution is 0.550. The zero-order chi connectivity index (χ0) is 12.3. The number of hydrogen-bond acceptors (Lipinski definition) is 4. The highest BCUT2D eigenvalue weighted by molar-refractivity contribution is 6.30. The number of nitrogens with one attached hydrogen (secondary N) is 1. The number of hydrogen-bond donors (Lipinski definition) is 2. The van der Waals surface area contributed by atoms with Crippen molar-refractivity contribution in [3.63, 3.8) is 0 Å². The van der Waals surface area contributed by atoms with Crippen molar-refractivity contribution >= 4 is 11.6 Å². The van der Waals surface area contributed by atoms with Gasteiger partial charge in [-0.05, 0) is 19.1 Å². The first-order valence-corrected chi connectivity index (χ1v) is 5.72. The van der Waals surface area contributed by atoms with E-state index in [1.807, 2.05) is 23.8 Å². The third-order valence-electron chi connectivity index (χ3n) is 2.56. The molecule has 2 aromatic heterocycles. The topological polar surface area (TPSA) is 68.8 Å². The minimum atomic E-state index is -0.234. The quantitative estimate of drug-likeness (QED) is 0.638. The van der Waals surface area contributed by atoms with Crippen LogP contribution in [0, 0.1) is 0 Å². The summed E-state index contributed by atoms with van der Waals surface area (Å²) >= 11 is 5.81. The van der Waals surface area contributed by atoms with Crippen LogP contribution in [0.25, 0.3) is 0 Å². The maximum atomic E-state index is 5.81. The molecule has 0 aromatic carbocycles. The van der Waals surface area contributed by atoms with Gasteiger partial charge in [0.1, 0.15) is 11.9 Å². The van der Waals surface area contributed by atoms with Gasteiger partial charge in [-0.15, -0.1) is 0 Å². The van der Waals surface area contributed by atoms with Crippen LogP contribution in [-0.2, 0) is 6.54 Å².